The fourth-order valence-electron chi connectivity index (χ4n) is 3.32. The molecule has 5 nitrogen and oxygen atoms in total. The van der Waals surface area contributed by atoms with Crippen LogP contribution in [0.25, 0.3) is 5.69 Å². The predicted octanol–water partition coefficient (Wildman–Crippen LogP) is 3.34. The molecule has 1 aromatic heterocycles. The second kappa shape index (κ2) is 5.00. The SMILES string of the molecule is Cc1c(-n2c(C)cc3c2CCCC3N)cccc1[N+](=O)[O-]. The lowest BCUT2D eigenvalue weighted by Crippen LogP contribution is -2.18. The van der Waals surface area contributed by atoms with Gasteiger partial charge in [0.2, 0.25) is 0 Å². The molecule has 1 heterocycles. The Hall–Kier alpha value is -2.14. The van der Waals surface area contributed by atoms with Crippen LogP contribution in [0.4, 0.5) is 5.69 Å². The Labute approximate surface area is 123 Å². The summed E-state index contributed by atoms with van der Waals surface area (Å²) in [4.78, 5) is 10.8. The van der Waals surface area contributed by atoms with Gasteiger partial charge in [0.1, 0.15) is 0 Å². The standard InChI is InChI=1S/C16H19N3O2/c1-10-9-12-13(17)5-3-8-16(12)18(10)14-6-4-7-15(11(14)2)19(20)21/h4,6-7,9,13H,3,5,8,17H2,1-2H3. The van der Waals surface area contributed by atoms with Gasteiger partial charge in [-0.25, -0.2) is 0 Å². The molecule has 0 spiro atoms. The first-order valence-corrected chi connectivity index (χ1v) is 7.21. The molecular weight excluding hydrogens is 266 g/mol. The summed E-state index contributed by atoms with van der Waals surface area (Å²) >= 11 is 0. The highest BCUT2D eigenvalue weighted by molar-refractivity contribution is 5.55. The molecule has 5 heteroatoms. The number of benzene rings is 1. The third-order valence-electron chi connectivity index (χ3n) is 4.36. The van der Waals surface area contributed by atoms with Gasteiger partial charge >= 0.3 is 0 Å². The van der Waals surface area contributed by atoms with Gasteiger partial charge < -0.3 is 10.3 Å². The molecule has 21 heavy (non-hydrogen) atoms. The van der Waals surface area contributed by atoms with Crippen molar-refractivity contribution in [3.05, 3.63) is 56.9 Å². The van der Waals surface area contributed by atoms with E-state index in [4.69, 9.17) is 5.73 Å². The number of aromatic nitrogens is 1. The second-order valence-electron chi connectivity index (χ2n) is 5.70. The van der Waals surface area contributed by atoms with Crippen LogP contribution in [0.2, 0.25) is 0 Å². The number of rotatable bonds is 2. The van der Waals surface area contributed by atoms with Gasteiger partial charge in [0, 0.05) is 23.5 Å². The largest absolute Gasteiger partial charge is 0.324 e. The Morgan fingerprint density at radius 2 is 2.14 bits per heavy atom. The minimum Gasteiger partial charge on any atom is -0.324 e. The third kappa shape index (κ3) is 2.14. The van der Waals surface area contributed by atoms with E-state index in [-0.39, 0.29) is 16.7 Å². The van der Waals surface area contributed by atoms with Crippen LogP contribution in [0, 0.1) is 24.0 Å². The van der Waals surface area contributed by atoms with Gasteiger partial charge in [0.15, 0.2) is 0 Å². The Kier molecular flexibility index (Phi) is 3.29. The van der Waals surface area contributed by atoms with Gasteiger partial charge in [-0.3, -0.25) is 10.1 Å². The molecule has 2 N–H and O–H groups in total. The minimum atomic E-state index is -0.324. The quantitative estimate of drug-likeness (QED) is 0.679. The molecule has 3 rings (SSSR count). The normalized spacial score (nSPS) is 17.6. The topological polar surface area (TPSA) is 74.1 Å². The molecule has 2 aromatic rings. The van der Waals surface area contributed by atoms with E-state index in [1.165, 1.54) is 11.3 Å². The molecule has 0 amide bonds. The summed E-state index contributed by atoms with van der Waals surface area (Å²) in [7, 11) is 0. The zero-order chi connectivity index (χ0) is 15.1. The summed E-state index contributed by atoms with van der Waals surface area (Å²) in [5.41, 5.74) is 11.4. The van der Waals surface area contributed by atoms with Crippen LogP contribution in [-0.2, 0) is 6.42 Å². The molecule has 110 valence electrons. The van der Waals surface area contributed by atoms with Gasteiger partial charge in [-0.2, -0.15) is 0 Å². The predicted molar refractivity (Wildman–Crippen MR) is 81.8 cm³/mol. The van der Waals surface area contributed by atoms with E-state index in [1.54, 1.807) is 12.1 Å². The van der Waals surface area contributed by atoms with E-state index < -0.39 is 0 Å². The fourth-order valence-corrected chi connectivity index (χ4v) is 3.32. The van der Waals surface area contributed by atoms with Crippen molar-refractivity contribution in [2.75, 3.05) is 0 Å². The Bertz CT molecular complexity index is 719. The number of fused-ring (bicyclic) bond motifs is 1. The lowest BCUT2D eigenvalue weighted by Gasteiger charge is -2.22. The summed E-state index contributed by atoms with van der Waals surface area (Å²) in [5.74, 6) is 0. The summed E-state index contributed by atoms with van der Waals surface area (Å²) in [5, 5.41) is 11.1. The van der Waals surface area contributed by atoms with E-state index in [2.05, 4.69) is 10.6 Å². The fraction of sp³-hybridized carbons (Fsp3) is 0.375. The Morgan fingerprint density at radius 1 is 1.38 bits per heavy atom. The maximum absolute atomic E-state index is 11.1. The smallest absolute Gasteiger partial charge is 0.274 e. The molecule has 1 unspecified atom stereocenters. The van der Waals surface area contributed by atoms with Crippen LogP contribution >= 0.6 is 0 Å². The minimum absolute atomic E-state index is 0.0766. The number of hydrogen-bond donors (Lipinski definition) is 1. The first kappa shape index (κ1) is 13.8. The highest BCUT2D eigenvalue weighted by Crippen LogP contribution is 2.35. The van der Waals surface area contributed by atoms with Crippen molar-refractivity contribution >= 4 is 5.69 Å². The molecule has 0 aliphatic heterocycles. The van der Waals surface area contributed by atoms with Crippen LogP contribution in [-0.4, -0.2) is 9.49 Å². The molecule has 0 saturated carbocycles. The molecule has 0 bridgehead atoms. The number of aryl methyl sites for hydroxylation is 1. The third-order valence-corrected chi connectivity index (χ3v) is 4.36. The Balaban J connectivity index is 2.23. The van der Waals surface area contributed by atoms with Gasteiger partial charge in [-0.05, 0) is 50.8 Å². The van der Waals surface area contributed by atoms with Gasteiger partial charge in [-0.1, -0.05) is 6.07 Å². The molecular formula is C16H19N3O2. The highest BCUT2D eigenvalue weighted by Gasteiger charge is 2.24. The number of nitro groups is 1. The molecule has 1 aromatic carbocycles. The summed E-state index contributed by atoms with van der Waals surface area (Å²) in [6, 6.07) is 7.44. The monoisotopic (exact) mass is 285 g/mol. The van der Waals surface area contributed by atoms with Crippen molar-refractivity contribution < 1.29 is 4.92 Å². The first-order chi connectivity index (χ1) is 10.0. The summed E-state index contributed by atoms with van der Waals surface area (Å²) < 4.78 is 2.14. The lowest BCUT2D eigenvalue weighted by molar-refractivity contribution is -0.385. The maximum Gasteiger partial charge on any atom is 0.274 e. The molecule has 1 aliphatic carbocycles. The van der Waals surface area contributed by atoms with Crippen molar-refractivity contribution in [1.29, 1.82) is 0 Å². The van der Waals surface area contributed by atoms with Crippen molar-refractivity contribution in [2.45, 2.75) is 39.2 Å². The van der Waals surface area contributed by atoms with Crippen molar-refractivity contribution in [2.24, 2.45) is 5.73 Å². The average Bonchev–Trinajstić information content (AvgIpc) is 2.77. The van der Waals surface area contributed by atoms with Gasteiger partial charge in [0.05, 0.1) is 16.2 Å². The second-order valence-corrected chi connectivity index (χ2v) is 5.70. The number of nitrogens with two attached hydrogens (primary N) is 1. The van der Waals surface area contributed by atoms with E-state index >= 15 is 0 Å². The van der Waals surface area contributed by atoms with Crippen LogP contribution in [0.3, 0.4) is 0 Å². The van der Waals surface area contributed by atoms with Gasteiger partial charge in [0.25, 0.3) is 5.69 Å². The number of nitro benzene ring substituents is 1. The number of hydrogen-bond acceptors (Lipinski definition) is 3. The summed E-state index contributed by atoms with van der Waals surface area (Å²) in [6.07, 6.45) is 3.04. The van der Waals surface area contributed by atoms with Crippen LogP contribution < -0.4 is 5.73 Å². The zero-order valence-electron chi connectivity index (χ0n) is 12.3. The van der Waals surface area contributed by atoms with E-state index in [0.29, 0.717) is 5.56 Å². The van der Waals surface area contributed by atoms with Crippen LogP contribution in [0.5, 0.6) is 0 Å². The highest BCUT2D eigenvalue weighted by atomic mass is 16.6. The number of nitrogens with zero attached hydrogens (tertiary/aromatic N) is 2. The maximum atomic E-state index is 11.1. The van der Waals surface area contributed by atoms with E-state index in [0.717, 1.165) is 30.6 Å². The molecule has 0 fully saturated rings. The van der Waals surface area contributed by atoms with E-state index in [9.17, 15) is 10.1 Å². The van der Waals surface area contributed by atoms with Gasteiger partial charge in [-0.15, -0.1) is 0 Å². The van der Waals surface area contributed by atoms with Crippen molar-refractivity contribution in [1.82, 2.24) is 4.57 Å². The molecule has 1 aliphatic rings. The van der Waals surface area contributed by atoms with Crippen LogP contribution in [0.15, 0.2) is 24.3 Å². The first-order valence-electron chi connectivity index (χ1n) is 7.21. The van der Waals surface area contributed by atoms with Crippen molar-refractivity contribution in [3.8, 4) is 5.69 Å². The average molecular weight is 285 g/mol. The lowest BCUT2D eigenvalue weighted by atomic mass is 9.93. The molecule has 0 radical (unpaired) electrons. The zero-order valence-corrected chi connectivity index (χ0v) is 12.3. The Morgan fingerprint density at radius 3 is 2.86 bits per heavy atom. The van der Waals surface area contributed by atoms with Crippen molar-refractivity contribution in [3.63, 3.8) is 0 Å². The molecule has 0 saturated heterocycles. The van der Waals surface area contributed by atoms with Crippen LogP contribution in [0.1, 0.15) is 41.4 Å². The summed E-state index contributed by atoms with van der Waals surface area (Å²) in [6.45, 7) is 3.84. The molecule has 1 atom stereocenters. The van der Waals surface area contributed by atoms with E-state index in [1.807, 2.05) is 19.9 Å².